The van der Waals surface area contributed by atoms with E-state index in [2.05, 4.69) is 17.3 Å². The predicted octanol–water partition coefficient (Wildman–Crippen LogP) is 1.77. The van der Waals surface area contributed by atoms with E-state index in [1.54, 1.807) is 27.7 Å². The second-order valence-electron chi connectivity index (χ2n) is 5.86. The molecule has 0 bridgehead atoms. The maximum absolute atomic E-state index is 12.5. The number of hydrogen-bond acceptors (Lipinski definition) is 4. The van der Waals surface area contributed by atoms with Crippen molar-refractivity contribution in [1.82, 2.24) is 19.5 Å². The third kappa shape index (κ3) is 2.25. The lowest BCUT2D eigenvalue weighted by atomic mass is 10.2. The van der Waals surface area contributed by atoms with Crippen LogP contribution in [-0.4, -0.2) is 26.3 Å². The Balaban J connectivity index is 1.59. The number of furan rings is 1. The molecule has 3 aromatic heterocycles. The van der Waals surface area contributed by atoms with Crippen molar-refractivity contribution in [2.75, 3.05) is 0 Å². The Kier molecular flexibility index (Phi) is 2.85. The first-order valence-electron chi connectivity index (χ1n) is 7.43. The van der Waals surface area contributed by atoms with Gasteiger partial charge < -0.3 is 9.73 Å². The molecule has 0 aromatic carbocycles. The van der Waals surface area contributed by atoms with Crippen molar-refractivity contribution in [2.45, 2.75) is 44.8 Å². The van der Waals surface area contributed by atoms with E-state index >= 15 is 0 Å². The molecule has 110 valence electrons. The van der Waals surface area contributed by atoms with E-state index in [1.165, 1.54) is 12.8 Å². The van der Waals surface area contributed by atoms with Crippen molar-refractivity contribution in [3.05, 3.63) is 35.1 Å². The summed E-state index contributed by atoms with van der Waals surface area (Å²) in [5, 5.41) is 7.81. The van der Waals surface area contributed by atoms with Gasteiger partial charge in [0.2, 0.25) is 0 Å². The molecule has 3 aromatic rings. The smallest absolute Gasteiger partial charge is 0.291 e. The standard InChI is InChI=1S/C15H18N4O2/c1-10(17-11-2-3-11)4-6-19-15(20)13-8-14-12(5-7-21-14)18(13)9-16-19/h5,7-11,17H,2-4,6H2,1H3. The number of fused-ring (bicyclic) bond motifs is 3. The van der Waals surface area contributed by atoms with Gasteiger partial charge in [-0.25, -0.2) is 4.68 Å². The van der Waals surface area contributed by atoms with Gasteiger partial charge in [0.25, 0.3) is 5.56 Å². The lowest BCUT2D eigenvalue weighted by Crippen LogP contribution is -2.32. The van der Waals surface area contributed by atoms with Crippen molar-refractivity contribution < 1.29 is 4.42 Å². The molecular formula is C15H18N4O2. The Labute approximate surface area is 121 Å². The fourth-order valence-corrected chi connectivity index (χ4v) is 2.74. The highest BCUT2D eigenvalue weighted by Gasteiger charge is 2.22. The van der Waals surface area contributed by atoms with E-state index in [0.717, 1.165) is 17.5 Å². The summed E-state index contributed by atoms with van der Waals surface area (Å²) in [5.41, 5.74) is 2.14. The second-order valence-corrected chi connectivity index (χ2v) is 5.86. The summed E-state index contributed by atoms with van der Waals surface area (Å²) in [6.07, 6.45) is 6.76. The van der Waals surface area contributed by atoms with E-state index in [0.29, 0.717) is 24.1 Å². The second kappa shape index (κ2) is 4.73. The minimum atomic E-state index is -0.0671. The topological polar surface area (TPSA) is 64.5 Å². The Hall–Kier alpha value is -2.08. The fraction of sp³-hybridized carbons (Fsp3) is 0.467. The van der Waals surface area contributed by atoms with Crippen LogP contribution in [0, 0.1) is 0 Å². The van der Waals surface area contributed by atoms with Gasteiger partial charge >= 0.3 is 0 Å². The van der Waals surface area contributed by atoms with E-state index in [-0.39, 0.29) is 5.56 Å². The number of aromatic nitrogens is 3. The van der Waals surface area contributed by atoms with E-state index in [4.69, 9.17) is 4.42 Å². The Morgan fingerprint density at radius 2 is 2.33 bits per heavy atom. The van der Waals surface area contributed by atoms with Crippen LogP contribution in [0.1, 0.15) is 26.2 Å². The van der Waals surface area contributed by atoms with Crippen LogP contribution in [0.2, 0.25) is 0 Å². The Bertz CT molecular complexity index is 840. The van der Waals surface area contributed by atoms with Crippen LogP contribution in [-0.2, 0) is 6.54 Å². The maximum atomic E-state index is 12.5. The molecule has 4 rings (SSSR count). The summed E-state index contributed by atoms with van der Waals surface area (Å²) in [7, 11) is 0. The summed E-state index contributed by atoms with van der Waals surface area (Å²) in [6.45, 7) is 2.79. The zero-order valence-electron chi connectivity index (χ0n) is 12.0. The molecule has 1 N–H and O–H groups in total. The van der Waals surface area contributed by atoms with Gasteiger partial charge in [-0.1, -0.05) is 0 Å². The van der Waals surface area contributed by atoms with Crippen molar-refractivity contribution >= 4 is 16.6 Å². The van der Waals surface area contributed by atoms with Crippen molar-refractivity contribution in [1.29, 1.82) is 0 Å². The minimum Gasteiger partial charge on any atom is -0.463 e. The van der Waals surface area contributed by atoms with E-state index in [1.807, 2.05) is 6.07 Å². The molecule has 1 fully saturated rings. The molecule has 0 saturated heterocycles. The van der Waals surface area contributed by atoms with Crippen molar-refractivity contribution in [2.24, 2.45) is 0 Å². The van der Waals surface area contributed by atoms with Gasteiger partial charge in [0.1, 0.15) is 11.8 Å². The van der Waals surface area contributed by atoms with Gasteiger partial charge in [0.15, 0.2) is 5.58 Å². The largest absolute Gasteiger partial charge is 0.463 e. The van der Waals surface area contributed by atoms with Crippen LogP contribution in [0.15, 0.2) is 33.9 Å². The number of rotatable bonds is 5. The molecule has 1 unspecified atom stereocenters. The summed E-state index contributed by atoms with van der Waals surface area (Å²) in [6, 6.07) is 4.71. The minimum absolute atomic E-state index is 0.0671. The molecule has 3 heterocycles. The summed E-state index contributed by atoms with van der Waals surface area (Å²) in [5.74, 6) is 0. The van der Waals surface area contributed by atoms with Gasteiger partial charge in [-0.05, 0) is 26.2 Å². The van der Waals surface area contributed by atoms with Crippen molar-refractivity contribution in [3.63, 3.8) is 0 Å². The number of aryl methyl sites for hydroxylation is 1. The maximum Gasteiger partial charge on any atom is 0.291 e. The van der Waals surface area contributed by atoms with Crippen LogP contribution >= 0.6 is 0 Å². The van der Waals surface area contributed by atoms with Gasteiger partial charge in [0, 0.05) is 30.8 Å². The SMILES string of the molecule is CC(CCn1ncn2c(cc3occc32)c1=O)NC1CC1. The van der Waals surface area contributed by atoms with Crippen LogP contribution in [0.5, 0.6) is 0 Å². The number of hydrogen-bond donors (Lipinski definition) is 1. The fourth-order valence-electron chi connectivity index (χ4n) is 2.74. The normalized spacial score (nSPS) is 16.8. The average molecular weight is 286 g/mol. The zero-order chi connectivity index (χ0) is 14.4. The zero-order valence-corrected chi connectivity index (χ0v) is 12.0. The molecule has 6 heteroatoms. The van der Waals surface area contributed by atoms with Crippen LogP contribution in [0.4, 0.5) is 0 Å². The first kappa shape index (κ1) is 12.6. The highest BCUT2D eigenvalue weighted by molar-refractivity contribution is 5.81. The quantitative estimate of drug-likeness (QED) is 0.776. The first-order chi connectivity index (χ1) is 10.2. The molecule has 6 nitrogen and oxygen atoms in total. The third-order valence-electron chi connectivity index (χ3n) is 4.09. The molecule has 0 aliphatic heterocycles. The Morgan fingerprint density at radius 3 is 3.14 bits per heavy atom. The molecule has 1 saturated carbocycles. The number of nitrogens with zero attached hydrogens (tertiary/aromatic N) is 3. The first-order valence-corrected chi connectivity index (χ1v) is 7.43. The molecule has 0 spiro atoms. The van der Waals surface area contributed by atoms with Crippen LogP contribution in [0.25, 0.3) is 16.6 Å². The highest BCUT2D eigenvalue weighted by Crippen LogP contribution is 2.20. The molecule has 0 amide bonds. The lowest BCUT2D eigenvalue weighted by Gasteiger charge is -2.13. The molecule has 21 heavy (non-hydrogen) atoms. The molecule has 1 aliphatic rings. The summed E-state index contributed by atoms with van der Waals surface area (Å²) < 4.78 is 8.66. The van der Waals surface area contributed by atoms with Gasteiger partial charge in [-0.2, -0.15) is 5.10 Å². The molecule has 1 aliphatic carbocycles. The van der Waals surface area contributed by atoms with Gasteiger partial charge in [0.05, 0.1) is 11.8 Å². The van der Waals surface area contributed by atoms with Crippen molar-refractivity contribution in [3.8, 4) is 0 Å². The molecule has 0 radical (unpaired) electrons. The highest BCUT2D eigenvalue weighted by atomic mass is 16.3. The lowest BCUT2D eigenvalue weighted by molar-refractivity contribution is 0.445. The third-order valence-corrected chi connectivity index (χ3v) is 4.09. The number of nitrogens with one attached hydrogen (secondary N) is 1. The monoisotopic (exact) mass is 286 g/mol. The van der Waals surface area contributed by atoms with E-state index < -0.39 is 0 Å². The molecule has 1 atom stereocenters. The Morgan fingerprint density at radius 1 is 1.48 bits per heavy atom. The summed E-state index contributed by atoms with van der Waals surface area (Å²) in [4.78, 5) is 12.5. The van der Waals surface area contributed by atoms with Gasteiger partial charge in [-0.15, -0.1) is 0 Å². The molecular weight excluding hydrogens is 268 g/mol. The summed E-state index contributed by atoms with van der Waals surface area (Å²) >= 11 is 0. The van der Waals surface area contributed by atoms with Gasteiger partial charge in [-0.3, -0.25) is 9.20 Å². The van der Waals surface area contributed by atoms with Crippen LogP contribution < -0.4 is 10.9 Å². The average Bonchev–Trinajstić information content (AvgIpc) is 3.02. The van der Waals surface area contributed by atoms with E-state index in [9.17, 15) is 4.79 Å². The predicted molar refractivity (Wildman–Crippen MR) is 79.5 cm³/mol. The van der Waals surface area contributed by atoms with Crippen LogP contribution in [0.3, 0.4) is 0 Å².